The summed E-state index contributed by atoms with van der Waals surface area (Å²) in [5.41, 5.74) is -0.113. The lowest BCUT2D eigenvalue weighted by molar-refractivity contribution is 0.0348. The lowest BCUT2D eigenvalue weighted by atomic mass is 10.00. The molecule has 1 N–H and O–H groups in total. The average Bonchev–Trinajstić information content (AvgIpc) is 2.06. The van der Waals surface area contributed by atoms with Crippen molar-refractivity contribution >= 4 is 0 Å². The van der Waals surface area contributed by atoms with Gasteiger partial charge in [-0.25, -0.2) is 4.39 Å². The molecule has 1 aliphatic heterocycles. The maximum atomic E-state index is 12.5. The Morgan fingerprint density at radius 2 is 1.92 bits per heavy atom. The van der Waals surface area contributed by atoms with Crippen LogP contribution in [0.25, 0.3) is 0 Å². The van der Waals surface area contributed by atoms with Crippen LogP contribution in [0.5, 0.6) is 5.75 Å². The number of hydrogen-bond acceptors (Lipinski definition) is 2. The van der Waals surface area contributed by atoms with E-state index < -0.39 is 0 Å². The predicted octanol–water partition coefficient (Wildman–Crippen LogP) is 1.57. The molecule has 2 nitrogen and oxygen atoms in total. The maximum absolute atomic E-state index is 12.5. The smallest absolute Gasteiger partial charge is 0.131 e. The zero-order valence-electron chi connectivity index (χ0n) is 7.51. The molecule has 3 heteroatoms. The molecular formula is C10H12FNO. The quantitative estimate of drug-likeness (QED) is 0.747. The van der Waals surface area contributed by atoms with Gasteiger partial charge in [0, 0.05) is 13.1 Å². The molecule has 1 aromatic carbocycles. The topological polar surface area (TPSA) is 21.3 Å². The highest BCUT2D eigenvalue weighted by Crippen LogP contribution is 2.21. The van der Waals surface area contributed by atoms with Gasteiger partial charge in [-0.1, -0.05) is 0 Å². The number of rotatable bonds is 2. The molecule has 13 heavy (non-hydrogen) atoms. The molecule has 0 spiro atoms. The van der Waals surface area contributed by atoms with Crippen LogP contribution in [0.1, 0.15) is 6.92 Å². The molecular weight excluding hydrogens is 169 g/mol. The molecule has 1 fully saturated rings. The zero-order valence-corrected chi connectivity index (χ0v) is 7.51. The highest BCUT2D eigenvalue weighted by atomic mass is 19.1. The van der Waals surface area contributed by atoms with Crippen LogP contribution in [0.4, 0.5) is 4.39 Å². The molecule has 0 unspecified atom stereocenters. The van der Waals surface area contributed by atoms with Gasteiger partial charge in [0.25, 0.3) is 0 Å². The standard InChI is InChI=1S/C10H12FNO/c1-10(6-12-7-10)13-9-4-2-8(11)3-5-9/h2-5,12H,6-7H2,1H3. The second-order valence-electron chi connectivity index (χ2n) is 3.61. The largest absolute Gasteiger partial charge is 0.485 e. The van der Waals surface area contributed by atoms with Crippen molar-refractivity contribution < 1.29 is 9.13 Å². The van der Waals surface area contributed by atoms with Crippen LogP contribution in [-0.4, -0.2) is 18.7 Å². The summed E-state index contributed by atoms with van der Waals surface area (Å²) in [5, 5.41) is 3.13. The van der Waals surface area contributed by atoms with Crippen molar-refractivity contribution in [3.63, 3.8) is 0 Å². The Bertz CT molecular complexity index is 292. The van der Waals surface area contributed by atoms with E-state index >= 15 is 0 Å². The summed E-state index contributed by atoms with van der Waals surface area (Å²) < 4.78 is 18.2. The summed E-state index contributed by atoms with van der Waals surface area (Å²) in [5.74, 6) is 0.495. The zero-order chi connectivity index (χ0) is 9.31. The Hall–Kier alpha value is -1.09. The SMILES string of the molecule is CC1(Oc2ccc(F)cc2)CNC1. The van der Waals surface area contributed by atoms with Gasteiger partial charge in [0.15, 0.2) is 0 Å². The first-order valence-electron chi connectivity index (χ1n) is 4.33. The summed E-state index contributed by atoms with van der Waals surface area (Å²) in [4.78, 5) is 0. The molecule has 0 atom stereocenters. The third-order valence-electron chi connectivity index (χ3n) is 2.18. The van der Waals surface area contributed by atoms with Gasteiger partial charge in [-0.3, -0.25) is 0 Å². The lowest BCUT2D eigenvalue weighted by Crippen LogP contribution is -2.60. The molecule has 1 saturated heterocycles. The van der Waals surface area contributed by atoms with E-state index in [9.17, 15) is 4.39 Å². The van der Waals surface area contributed by atoms with Gasteiger partial charge in [0.2, 0.25) is 0 Å². The van der Waals surface area contributed by atoms with Crippen molar-refractivity contribution in [1.29, 1.82) is 0 Å². The summed E-state index contributed by atoms with van der Waals surface area (Å²) in [7, 11) is 0. The summed E-state index contributed by atoms with van der Waals surface area (Å²) in [6.45, 7) is 3.74. The fourth-order valence-electron chi connectivity index (χ4n) is 1.34. The first-order valence-corrected chi connectivity index (χ1v) is 4.33. The van der Waals surface area contributed by atoms with Crippen molar-refractivity contribution in [3.05, 3.63) is 30.1 Å². The molecule has 70 valence electrons. The molecule has 0 saturated carbocycles. The van der Waals surface area contributed by atoms with Crippen LogP contribution >= 0.6 is 0 Å². The Labute approximate surface area is 76.7 Å². The molecule has 2 rings (SSSR count). The highest BCUT2D eigenvalue weighted by molar-refractivity contribution is 5.23. The number of halogens is 1. The van der Waals surface area contributed by atoms with Gasteiger partial charge in [-0.2, -0.15) is 0 Å². The summed E-state index contributed by atoms with van der Waals surface area (Å²) in [6.07, 6.45) is 0. The minimum atomic E-state index is -0.232. The summed E-state index contributed by atoms with van der Waals surface area (Å²) >= 11 is 0. The molecule has 0 radical (unpaired) electrons. The van der Waals surface area contributed by atoms with Gasteiger partial charge in [-0.15, -0.1) is 0 Å². The van der Waals surface area contributed by atoms with E-state index in [1.54, 1.807) is 12.1 Å². The van der Waals surface area contributed by atoms with E-state index in [0.29, 0.717) is 0 Å². The van der Waals surface area contributed by atoms with Crippen LogP contribution in [0.2, 0.25) is 0 Å². The normalized spacial score (nSPS) is 19.2. The Morgan fingerprint density at radius 3 is 2.38 bits per heavy atom. The molecule has 0 bridgehead atoms. The second kappa shape index (κ2) is 3.00. The molecule has 0 amide bonds. The Kier molecular flexibility index (Phi) is 1.96. The monoisotopic (exact) mass is 181 g/mol. The van der Waals surface area contributed by atoms with E-state index in [4.69, 9.17) is 4.74 Å². The molecule has 1 aromatic rings. The second-order valence-corrected chi connectivity index (χ2v) is 3.61. The maximum Gasteiger partial charge on any atom is 0.131 e. The fourth-order valence-corrected chi connectivity index (χ4v) is 1.34. The number of hydrogen-bond donors (Lipinski definition) is 1. The lowest BCUT2D eigenvalue weighted by Gasteiger charge is -2.39. The number of nitrogens with one attached hydrogen (secondary N) is 1. The first-order chi connectivity index (χ1) is 6.18. The van der Waals surface area contributed by atoms with Crippen LogP contribution in [-0.2, 0) is 0 Å². The first kappa shape index (κ1) is 8.51. The van der Waals surface area contributed by atoms with Crippen molar-refractivity contribution in [1.82, 2.24) is 5.32 Å². The van der Waals surface area contributed by atoms with Gasteiger partial charge in [0.1, 0.15) is 17.2 Å². The predicted molar refractivity (Wildman–Crippen MR) is 48.3 cm³/mol. The van der Waals surface area contributed by atoms with E-state index in [0.717, 1.165) is 18.8 Å². The minimum Gasteiger partial charge on any atom is -0.485 e. The molecule has 0 aromatic heterocycles. The third-order valence-corrected chi connectivity index (χ3v) is 2.18. The third kappa shape index (κ3) is 1.80. The van der Waals surface area contributed by atoms with Gasteiger partial charge >= 0.3 is 0 Å². The van der Waals surface area contributed by atoms with E-state index in [-0.39, 0.29) is 11.4 Å². The fraction of sp³-hybridized carbons (Fsp3) is 0.400. The Balaban J connectivity index is 2.05. The minimum absolute atomic E-state index is 0.113. The van der Waals surface area contributed by atoms with E-state index in [2.05, 4.69) is 5.32 Å². The van der Waals surface area contributed by atoms with Crippen molar-refractivity contribution in [2.45, 2.75) is 12.5 Å². The van der Waals surface area contributed by atoms with Gasteiger partial charge < -0.3 is 10.1 Å². The number of benzene rings is 1. The van der Waals surface area contributed by atoms with Crippen molar-refractivity contribution in [2.75, 3.05) is 13.1 Å². The Morgan fingerprint density at radius 1 is 1.31 bits per heavy atom. The van der Waals surface area contributed by atoms with Crippen LogP contribution in [0, 0.1) is 5.82 Å². The highest BCUT2D eigenvalue weighted by Gasteiger charge is 2.33. The van der Waals surface area contributed by atoms with Gasteiger partial charge in [0.05, 0.1) is 0 Å². The summed E-state index contributed by atoms with van der Waals surface area (Å²) in [6, 6.07) is 6.12. The molecule has 0 aliphatic carbocycles. The van der Waals surface area contributed by atoms with E-state index in [1.165, 1.54) is 12.1 Å². The van der Waals surface area contributed by atoms with Gasteiger partial charge in [-0.05, 0) is 31.2 Å². The molecule has 1 heterocycles. The number of ether oxygens (including phenoxy) is 1. The van der Waals surface area contributed by atoms with Crippen molar-refractivity contribution in [3.8, 4) is 5.75 Å². The van der Waals surface area contributed by atoms with Crippen LogP contribution in [0.3, 0.4) is 0 Å². The average molecular weight is 181 g/mol. The van der Waals surface area contributed by atoms with Crippen LogP contribution in [0.15, 0.2) is 24.3 Å². The van der Waals surface area contributed by atoms with Crippen LogP contribution < -0.4 is 10.1 Å². The van der Waals surface area contributed by atoms with Crippen molar-refractivity contribution in [2.24, 2.45) is 0 Å². The van der Waals surface area contributed by atoms with E-state index in [1.807, 2.05) is 6.92 Å². The molecule has 1 aliphatic rings.